The van der Waals surface area contributed by atoms with E-state index in [9.17, 15) is 4.79 Å². The molecule has 1 aliphatic rings. The first kappa shape index (κ1) is 13.1. The van der Waals surface area contributed by atoms with Gasteiger partial charge < -0.3 is 15.4 Å². The van der Waals surface area contributed by atoms with Gasteiger partial charge in [-0.2, -0.15) is 0 Å². The van der Waals surface area contributed by atoms with E-state index in [-0.39, 0.29) is 12.0 Å². The quantitative estimate of drug-likeness (QED) is 0.834. The van der Waals surface area contributed by atoms with Crippen LogP contribution in [-0.2, 0) is 11.2 Å². The minimum absolute atomic E-state index is 0.0124. The molecule has 0 aromatic heterocycles. The molecule has 0 saturated carbocycles. The Labute approximate surface area is 108 Å². The number of nitrogens with one attached hydrogen (secondary N) is 2. The van der Waals surface area contributed by atoms with Crippen molar-refractivity contribution in [3.63, 3.8) is 0 Å². The number of morpholine rings is 1. The molecule has 0 aliphatic carbocycles. The Bertz CT molecular complexity index is 401. The zero-order valence-corrected chi connectivity index (χ0v) is 10.7. The van der Waals surface area contributed by atoms with Crippen LogP contribution in [0.15, 0.2) is 24.3 Å². The maximum absolute atomic E-state index is 12.1. The summed E-state index contributed by atoms with van der Waals surface area (Å²) in [5, 5.41) is 6.18. The van der Waals surface area contributed by atoms with Crippen LogP contribution in [-0.4, -0.2) is 38.3 Å². The largest absolute Gasteiger partial charge is 0.374 e. The Morgan fingerprint density at radius 3 is 3.06 bits per heavy atom. The summed E-state index contributed by atoms with van der Waals surface area (Å²) in [6, 6.07) is 7.72. The highest BCUT2D eigenvalue weighted by Gasteiger charge is 2.15. The number of amides is 1. The predicted molar refractivity (Wildman–Crippen MR) is 70.8 cm³/mol. The third-order valence-corrected chi connectivity index (χ3v) is 3.14. The smallest absolute Gasteiger partial charge is 0.251 e. The molecule has 2 N–H and O–H groups in total. The van der Waals surface area contributed by atoms with Gasteiger partial charge in [0.05, 0.1) is 12.7 Å². The number of hydrogen-bond acceptors (Lipinski definition) is 3. The van der Waals surface area contributed by atoms with Crippen molar-refractivity contribution < 1.29 is 9.53 Å². The van der Waals surface area contributed by atoms with Crippen molar-refractivity contribution in [1.29, 1.82) is 0 Å². The lowest BCUT2D eigenvalue weighted by molar-refractivity contribution is 0.0287. The molecular weight excluding hydrogens is 228 g/mol. The second-order valence-corrected chi connectivity index (χ2v) is 4.42. The summed E-state index contributed by atoms with van der Waals surface area (Å²) in [7, 11) is 0. The zero-order valence-electron chi connectivity index (χ0n) is 10.7. The summed E-state index contributed by atoms with van der Waals surface area (Å²) >= 11 is 0. The van der Waals surface area contributed by atoms with Gasteiger partial charge in [-0.05, 0) is 18.1 Å². The van der Waals surface area contributed by atoms with E-state index in [1.165, 1.54) is 0 Å². The zero-order chi connectivity index (χ0) is 12.8. The van der Waals surface area contributed by atoms with Gasteiger partial charge in [-0.3, -0.25) is 4.79 Å². The van der Waals surface area contributed by atoms with Crippen molar-refractivity contribution in [2.75, 3.05) is 26.2 Å². The van der Waals surface area contributed by atoms with Gasteiger partial charge in [-0.15, -0.1) is 0 Å². The highest BCUT2D eigenvalue weighted by molar-refractivity contribution is 5.95. The maximum atomic E-state index is 12.1. The van der Waals surface area contributed by atoms with Crippen LogP contribution < -0.4 is 10.6 Å². The third kappa shape index (κ3) is 3.31. The molecule has 0 bridgehead atoms. The summed E-state index contributed by atoms with van der Waals surface area (Å²) in [6.07, 6.45) is 0.946. The molecule has 1 fully saturated rings. The van der Waals surface area contributed by atoms with Crippen molar-refractivity contribution in [2.24, 2.45) is 0 Å². The van der Waals surface area contributed by atoms with E-state index >= 15 is 0 Å². The average molecular weight is 248 g/mol. The molecule has 1 atom stereocenters. The SMILES string of the molecule is CCc1ccccc1C(=O)NCC1CNCCO1. The first-order valence-corrected chi connectivity index (χ1v) is 6.49. The first-order valence-electron chi connectivity index (χ1n) is 6.49. The highest BCUT2D eigenvalue weighted by Crippen LogP contribution is 2.09. The van der Waals surface area contributed by atoms with E-state index in [0.29, 0.717) is 13.2 Å². The number of benzene rings is 1. The van der Waals surface area contributed by atoms with Crippen LogP contribution >= 0.6 is 0 Å². The van der Waals surface area contributed by atoms with E-state index in [1.54, 1.807) is 0 Å². The molecule has 4 nitrogen and oxygen atoms in total. The Kier molecular flexibility index (Phi) is 4.73. The van der Waals surface area contributed by atoms with Crippen LogP contribution in [0.1, 0.15) is 22.8 Å². The van der Waals surface area contributed by atoms with Crippen molar-refractivity contribution in [1.82, 2.24) is 10.6 Å². The van der Waals surface area contributed by atoms with Gasteiger partial charge in [-0.25, -0.2) is 0 Å². The number of rotatable bonds is 4. The lowest BCUT2D eigenvalue weighted by Gasteiger charge is -2.23. The number of carbonyl (C=O) groups excluding carboxylic acids is 1. The van der Waals surface area contributed by atoms with Crippen molar-refractivity contribution in [3.8, 4) is 0 Å². The highest BCUT2D eigenvalue weighted by atomic mass is 16.5. The molecule has 1 heterocycles. The van der Waals surface area contributed by atoms with Gasteiger partial charge in [0.25, 0.3) is 5.91 Å². The van der Waals surface area contributed by atoms with E-state index in [0.717, 1.165) is 30.6 Å². The topological polar surface area (TPSA) is 50.4 Å². The monoisotopic (exact) mass is 248 g/mol. The van der Waals surface area contributed by atoms with Crippen LogP contribution in [0.2, 0.25) is 0 Å². The molecule has 1 unspecified atom stereocenters. The summed E-state index contributed by atoms with van der Waals surface area (Å²) in [5.74, 6) is -0.0124. The van der Waals surface area contributed by atoms with Crippen molar-refractivity contribution in [3.05, 3.63) is 35.4 Å². The standard InChI is InChI=1S/C14H20N2O2/c1-2-11-5-3-4-6-13(11)14(17)16-10-12-9-15-7-8-18-12/h3-6,12,15H,2,7-10H2,1H3,(H,16,17). The minimum Gasteiger partial charge on any atom is -0.374 e. The Balaban J connectivity index is 1.90. The lowest BCUT2D eigenvalue weighted by atomic mass is 10.0. The molecule has 2 rings (SSSR count). The van der Waals surface area contributed by atoms with Gasteiger partial charge in [0.1, 0.15) is 0 Å². The number of aryl methyl sites for hydroxylation is 1. The summed E-state index contributed by atoms with van der Waals surface area (Å²) < 4.78 is 5.54. The normalized spacial score (nSPS) is 19.5. The Hall–Kier alpha value is -1.39. The molecular formula is C14H20N2O2. The van der Waals surface area contributed by atoms with Crippen LogP contribution in [0.4, 0.5) is 0 Å². The van der Waals surface area contributed by atoms with Crippen molar-refractivity contribution >= 4 is 5.91 Å². The fourth-order valence-electron chi connectivity index (χ4n) is 2.10. The Morgan fingerprint density at radius 2 is 2.33 bits per heavy atom. The second-order valence-electron chi connectivity index (χ2n) is 4.42. The van der Waals surface area contributed by atoms with E-state index < -0.39 is 0 Å². The van der Waals surface area contributed by atoms with Crippen LogP contribution in [0, 0.1) is 0 Å². The number of ether oxygens (including phenoxy) is 1. The molecule has 1 aromatic rings. The molecule has 1 aliphatic heterocycles. The average Bonchev–Trinajstić information content (AvgIpc) is 2.45. The molecule has 1 aromatic carbocycles. The molecule has 98 valence electrons. The van der Waals surface area contributed by atoms with Gasteiger partial charge in [0.15, 0.2) is 0 Å². The Morgan fingerprint density at radius 1 is 1.50 bits per heavy atom. The molecule has 0 spiro atoms. The number of hydrogen-bond donors (Lipinski definition) is 2. The van der Waals surface area contributed by atoms with Gasteiger partial charge in [-0.1, -0.05) is 25.1 Å². The van der Waals surface area contributed by atoms with Crippen LogP contribution in [0.3, 0.4) is 0 Å². The fourth-order valence-corrected chi connectivity index (χ4v) is 2.10. The number of carbonyl (C=O) groups is 1. The van der Waals surface area contributed by atoms with E-state index in [2.05, 4.69) is 17.6 Å². The summed E-state index contributed by atoms with van der Waals surface area (Å²) in [4.78, 5) is 12.1. The molecule has 18 heavy (non-hydrogen) atoms. The maximum Gasteiger partial charge on any atom is 0.251 e. The summed E-state index contributed by atoms with van der Waals surface area (Å²) in [6.45, 7) is 5.02. The van der Waals surface area contributed by atoms with Gasteiger partial charge in [0.2, 0.25) is 0 Å². The van der Waals surface area contributed by atoms with E-state index in [4.69, 9.17) is 4.74 Å². The van der Waals surface area contributed by atoms with Crippen LogP contribution in [0.5, 0.6) is 0 Å². The molecule has 1 amide bonds. The fraction of sp³-hybridized carbons (Fsp3) is 0.500. The second kappa shape index (κ2) is 6.52. The van der Waals surface area contributed by atoms with Gasteiger partial charge in [0, 0.05) is 25.2 Å². The molecule has 4 heteroatoms. The molecule has 1 saturated heterocycles. The summed E-state index contributed by atoms with van der Waals surface area (Å²) in [5.41, 5.74) is 1.85. The lowest BCUT2D eigenvalue weighted by Crippen LogP contribution is -2.45. The predicted octanol–water partition coefficient (Wildman–Crippen LogP) is 0.967. The van der Waals surface area contributed by atoms with E-state index in [1.807, 2.05) is 24.3 Å². The van der Waals surface area contributed by atoms with Gasteiger partial charge >= 0.3 is 0 Å². The first-order chi connectivity index (χ1) is 8.81. The van der Waals surface area contributed by atoms with Crippen molar-refractivity contribution in [2.45, 2.75) is 19.4 Å². The third-order valence-electron chi connectivity index (χ3n) is 3.14. The molecule has 0 radical (unpaired) electrons. The minimum atomic E-state index is -0.0124. The van der Waals surface area contributed by atoms with Crippen LogP contribution in [0.25, 0.3) is 0 Å².